The van der Waals surface area contributed by atoms with Crippen LogP contribution < -0.4 is 5.32 Å². The number of nitrogens with one attached hydrogen (secondary N) is 1. The van der Waals surface area contributed by atoms with Crippen LogP contribution in [-0.4, -0.2) is 23.0 Å². The third kappa shape index (κ3) is 4.18. The first-order valence-electron chi connectivity index (χ1n) is 11.0. The van der Waals surface area contributed by atoms with E-state index in [9.17, 15) is 9.59 Å². The van der Waals surface area contributed by atoms with Gasteiger partial charge in [-0.3, -0.25) is 9.78 Å². The highest BCUT2D eigenvalue weighted by molar-refractivity contribution is 6.05. The number of pyridine rings is 1. The van der Waals surface area contributed by atoms with Crippen LogP contribution in [-0.2, 0) is 22.4 Å². The van der Waals surface area contributed by atoms with Crippen molar-refractivity contribution < 1.29 is 14.3 Å². The van der Waals surface area contributed by atoms with Crippen LogP contribution in [0.1, 0.15) is 65.5 Å². The molecular weight excluding hydrogens is 388 g/mol. The van der Waals surface area contributed by atoms with E-state index in [1.54, 1.807) is 6.92 Å². The van der Waals surface area contributed by atoms with Crippen molar-refractivity contribution in [2.75, 3.05) is 0 Å². The van der Waals surface area contributed by atoms with Crippen LogP contribution in [0.4, 0.5) is 0 Å². The van der Waals surface area contributed by atoms with E-state index >= 15 is 0 Å². The molecule has 160 valence electrons. The van der Waals surface area contributed by atoms with Crippen molar-refractivity contribution in [1.29, 1.82) is 0 Å². The minimum absolute atomic E-state index is 0.0474. The first-order valence-corrected chi connectivity index (χ1v) is 11.0. The number of aromatic nitrogens is 1. The van der Waals surface area contributed by atoms with E-state index in [2.05, 4.69) is 22.4 Å². The van der Waals surface area contributed by atoms with Gasteiger partial charge in [0.25, 0.3) is 5.91 Å². The lowest BCUT2D eigenvalue weighted by molar-refractivity contribution is -0.130. The van der Waals surface area contributed by atoms with Crippen LogP contribution in [0.5, 0.6) is 0 Å². The SMILES string of the molecule is CCc1nc2ccccc2c(C(=O)O[C@@H](C)C(=O)N[C@@H]2CCCc3ccccc32)c1C. The number of aryl methyl sites for hydroxylation is 2. The lowest BCUT2D eigenvalue weighted by Gasteiger charge is -2.27. The van der Waals surface area contributed by atoms with Crippen molar-refractivity contribution in [2.45, 2.75) is 58.6 Å². The van der Waals surface area contributed by atoms with Gasteiger partial charge in [0.05, 0.1) is 17.1 Å². The Balaban J connectivity index is 1.53. The highest BCUT2D eigenvalue weighted by Gasteiger charge is 2.27. The summed E-state index contributed by atoms with van der Waals surface area (Å²) in [6.45, 7) is 5.53. The van der Waals surface area contributed by atoms with Gasteiger partial charge in [-0.15, -0.1) is 0 Å². The summed E-state index contributed by atoms with van der Waals surface area (Å²) in [4.78, 5) is 30.6. The van der Waals surface area contributed by atoms with Crippen molar-refractivity contribution in [1.82, 2.24) is 10.3 Å². The zero-order valence-corrected chi connectivity index (χ0v) is 18.3. The van der Waals surface area contributed by atoms with Gasteiger partial charge in [-0.1, -0.05) is 49.4 Å². The van der Waals surface area contributed by atoms with Crippen LogP contribution in [0.15, 0.2) is 48.5 Å². The maximum absolute atomic E-state index is 13.1. The molecule has 0 fully saturated rings. The number of esters is 1. The molecule has 5 nitrogen and oxygen atoms in total. The van der Waals surface area contributed by atoms with E-state index in [4.69, 9.17) is 4.74 Å². The third-order valence-electron chi connectivity index (χ3n) is 6.11. The number of amides is 1. The molecular formula is C26H28N2O3. The lowest BCUT2D eigenvalue weighted by atomic mass is 9.87. The Morgan fingerprint density at radius 2 is 1.90 bits per heavy atom. The highest BCUT2D eigenvalue weighted by atomic mass is 16.5. The maximum atomic E-state index is 13.1. The zero-order valence-electron chi connectivity index (χ0n) is 18.3. The van der Waals surface area contributed by atoms with Crippen molar-refractivity contribution in [3.8, 4) is 0 Å². The molecule has 0 spiro atoms. The number of fused-ring (bicyclic) bond motifs is 2. The second-order valence-electron chi connectivity index (χ2n) is 8.13. The Hall–Kier alpha value is -3.21. The van der Waals surface area contributed by atoms with E-state index < -0.39 is 12.1 Å². The molecule has 1 N–H and O–H groups in total. The fourth-order valence-corrected chi connectivity index (χ4v) is 4.43. The average Bonchev–Trinajstić information content (AvgIpc) is 2.78. The maximum Gasteiger partial charge on any atom is 0.339 e. The Labute approximate surface area is 182 Å². The number of hydrogen-bond donors (Lipinski definition) is 1. The van der Waals surface area contributed by atoms with Gasteiger partial charge in [0.15, 0.2) is 6.10 Å². The van der Waals surface area contributed by atoms with E-state index in [0.717, 1.165) is 47.0 Å². The normalized spacial score (nSPS) is 16.4. The van der Waals surface area contributed by atoms with E-state index in [1.165, 1.54) is 5.56 Å². The number of ether oxygens (including phenoxy) is 1. The summed E-state index contributed by atoms with van der Waals surface area (Å²) in [6, 6.07) is 15.7. The first kappa shape index (κ1) is 21.0. The molecule has 0 unspecified atom stereocenters. The third-order valence-corrected chi connectivity index (χ3v) is 6.11. The number of nitrogens with zero attached hydrogens (tertiary/aromatic N) is 1. The monoisotopic (exact) mass is 416 g/mol. The van der Waals surface area contributed by atoms with Gasteiger partial charge in [-0.05, 0) is 62.3 Å². The molecule has 5 heteroatoms. The van der Waals surface area contributed by atoms with Gasteiger partial charge in [0.2, 0.25) is 0 Å². The molecule has 4 rings (SSSR count). The van der Waals surface area contributed by atoms with Gasteiger partial charge in [0.1, 0.15) is 0 Å². The Bertz CT molecular complexity index is 1140. The summed E-state index contributed by atoms with van der Waals surface area (Å²) < 4.78 is 5.64. The second-order valence-corrected chi connectivity index (χ2v) is 8.13. The summed E-state index contributed by atoms with van der Waals surface area (Å²) in [5, 5.41) is 3.82. The molecule has 3 aromatic rings. The van der Waals surface area contributed by atoms with Crippen LogP contribution >= 0.6 is 0 Å². The zero-order chi connectivity index (χ0) is 22.0. The summed E-state index contributed by atoms with van der Waals surface area (Å²) in [5.41, 5.74) is 5.35. The largest absolute Gasteiger partial charge is 0.449 e. The molecule has 1 aromatic heterocycles. The minimum Gasteiger partial charge on any atom is -0.449 e. The molecule has 0 aliphatic heterocycles. The van der Waals surface area contributed by atoms with E-state index in [1.807, 2.05) is 50.2 Å². The topological polar surface area (TPSA) is 68.3 Å². The van der Waals surface area contributed by atoms with Crippen LogP contribution in [0, 0.1) is 6.92 Å². The molecule has 31 heavy (non-hydrogen) atoms. The standard InChI is InChI=1S/C26H28N2O3/c1-4-21-16(2)24(20-13-7-8-14-23(20)27-21)26(30)31-17(3)25(29)28-22-15-9-11-18-10-5-6-12-19(18)22/h5-8,10,12-14,17,22H,4,9,11,15H2,1-3H3,(H,28,29)/t17-,22+/m0/s1. The van der Waals surface area contributed by atoms with Gasteiger partial charge in [-0.2, -0.15) is 0 Å². The molecule has 0 saturated heterocycles. The summed E-state index contributed by atoms with van der Waals surface area (Å²) >= 11 is 0. The smallest absolute Gasteiger partial charge is 0.339 e. The van der Waals surface area contributed by atoms with Gasteiger partial charge >= 0.3 is 5.97 Å². The predicted molar refractivity (Wildman–Crippen MR) is 121 cm³/mol. The highest BCUT2D eigenvalue weighted by Crippen LogP contribution is 2.30. The number of carbonyl (C=O) groups excluding carboxylic acids is 2. The van der Waals surface area contributed by atoms with E-state index in [0.29, 0.717) is 12.0 Å². The van der Waals surface area contributed by atoms with Crippen molar-refractivity contribution >= 4 is 22.8 Å². The second kappa shape index (κ2) is 8.88. The molecule has 2 aromatic carbocycles. The molecule has 2 atom stereocenters. The average molecular weight is 417 g/mol. The fraction of sp³-hybridized carbons (Fsp3) is 0.346. The minimum atomic E-state index is -0.891. The number of rotatable bonds is 5. The van der Waals surface area contributed by atoms with Crippen LogP contribution in [0.3, 0.4) is 0 Å². The van der Waals surface area contributed by atoms with Gasteiger partial charge in [0, 0.05) is 11.1 Å². The molecule has 0 saturated carbocycles. The fourth-order valence-electron chi connectivity index (χ4n) is 4.43. The number of para-hydroxylation sites is 1. The summed E-state index contributed by atoms with van der Waals surface area (Å²) in [6.07, 6.45) is 2.77. The number of carbonyl (C=O) groups is 2. The molecule has 1 aliphatic rings. The van der Waals surface area contributed by atoms with E-state index in [-0.39, 0.29) is 11.9 Å². The summed E-state index contributed by atoms with van der Waals surface area (Å²) in [5.74, 6) is -0.765. The quantitative estimate of drug-likeness (QED) is 0.604. The molecule has 0 radical (unpaired) electrons. The first-order chi connectivity index (χ1) is 15.0. The molecule has 1 amide bonds. The van der Waals surface area contributed by atoms with Crippen LogP contribution in [0.25, 0.3) is 10.9 Å². The predicted octanol–water partition coefficient (Wildman–Crippen LogP) is 4.84. The molecule has 1 aliphatic carbocycles. The van der Waals surface area contributed by atoms with Gasteiger partial charge < -0.3 is 10.1 Å². The lowest BCUT2D eigenvalue weighted by Crippen LogP contribution is -2.39. The van der Waals surface area contributed by atoms with Crippen molar-refractivity contribution in [3.05, 3.63) is 76.5 Å². The number of hydrogen-bond acceptors (Lipinski definition) is 4. The Morgan fingerprint density at radius 1 is 1.16 bits per heavy atom. The van der Waals surface area contributed by atoms with Gasteiger partial charge in [-0.25, -0.2) is 4.79 Å². The Morgan fingerprint density at radius 3 is 2.71 bits per heavy atom. The van der Waals surface area contributed by atoms with Crippen molar-refractivity contribution in [3.63, 3.8) is 0 Å². The van der Waals surface area contributed by atoms with Crippen molar-refractivity contribution in [2.24, 2.45) is 0 Å². The molecule has 1 heterocycles. The summed E-state index contributed by atoms with van der Waals surface area (Å²) in [7, 11) is 0. The number of benzene rings is 2. The van der Waals surface area contributed by atoms with Crippen LogP contribution in [0.2, 0.25) is 0 Å². The Kier molecular flexibility index (Phi) is 6.03. The molecule has 0 bridgehead atoms.